The lowest BCUT2D eigenvalue weighted by Gasteiger charge is -2.16. The Hall–Kier alpha value is 0.360. The molecule has 0 aliphatic carbocycles. The predicted octanol–water partition coefficient (Wildman–Crippen LogP) is 7.52. The second-order valence-corrected chi connectivity index (χ2v) is 6.89. The number of fused-ring (bicyclic) bond motifs is 1. The Morgan fingerprint density at radius 1 is 0.500 bits per heavy atom. The van der Waals surface area contributed by atoms with Crippen molar-refractivity contribution in [2.75, 3.05) is 0 Å². The second kappa shape index (κ2) is 6.70. The number of halogens is 8. The Morgan fingerprint density at radius 2 is 0.773 bits per heavy atom. The molecule has 2 aromatic carbocycles. The number of carbonyl (C=O) groups is 2. The van der Waals surface area contributed by atoms with Gasteiger partial charge < -0.3 is 0 Å². The zero-order valence-corrected chi connectivity index (χ0v) is 15.9. The topological polar surface area (TPSA) is 34.1 Å². The molecule has 0 N–H and O–H groups in total. The van der Waals surface area contributed by atoms with Gasteiger partial charge in [-0.25, -0.2) is 0 Å². The van der Waals surface area contributed by atoms with Gasteiger partial charge in [0, 0.05) is 10.8 Å². The summed E-state index contributed by atoms with van der Waals surface area (Å²) in [5.41, 5.74) is -0.497. The van der Waals surface area contributed by atoms with E-state index in [1.807, 2.05) is 0 Å². The average molecular weight is 460 g/mol. The highest BCUT2D eigenvalue weighted by Crippen LogP contribution is 2.50. The summed E-state index contributed by atoms with van der Waals surface area (Å²) in [5.74, 6) is 0. The largest absolute Gasteiger partial charge is 0.275 e. The van der Waals surface area contributed by atoms with Crippen LogP contribution in [0.15, 0.2) is 0 Å². The standard InChI is InChI=1S/C12Cl8O2/c13-5-1-2(8(16)10(18)3(5)11(19)21)6(14)4(12(20)22)9(17)7(1)15. The fraction of sp³-hybridized carbons (Fsp3) is 0. The molecule has 0 bridgehead atoms. The van der Waals surface area contributed by atoms with Gasteiger partial charge in [0.1, 0.15) is 0 Å². The lowest BCUT2D eigenvalue weighted by molar-refractivity contribution is 0.107. The van der Waals surface area contributed by atoms with Crippen molar-refractivity contribution in [3.05, 3.63) is 41.3 Å². The van der Waals surface area contributed by atoms with Crippen LogP contribution in [0.3, 0.4) is 0 Å². The molecule has 0 amide bonds. The zero-order chi connectivity index (χ0) is 16.9. The van der Waals surface area contributed by atoms with E-state index in [4.69, 9.17) is 92.8 Å². The molecule has 2 rings (SSSR count). The van der Waals surface area contributed by atoms with Crippen molar-refractivity contribution in [2.45, 2.75) is 0 Å². The fourth-order valence-corrected chi connectivity index (χ4v) is 4.48. The molecule has 22 heavy (non-hydrogen) atoms. The van der Waals surface area contributed by atoms with E-state index >= 15 is 0 Å². The summed E-state index contributed by atoms with van der Waals surface area (Å²) in [4.78, 5) is 23.0. The lowest BCUT2D eigenvalue weighted by atomic mass is 10.0. The molecule has 0 saturated heterocycles. The molecular weight excluding hydrogens is 460 g/mol. The van der Waals surface area contributed by atoms with E-state index in [0.29, 0.717) is 0 Å². The predicted molar refractivity (Wildman–Crippen MR) is 94.4 cm³/mol. The molecule has 0 fully saturated rings. The molecule has 2 aromatic rings. The molecule has 0 aromatic heterocycles. The summed E-state index contributed by atoms with van der Waals surface area (Å²) in [5, 5.41) is -2.96. The number of carbonyl (C=O) groups excluding carboxylic acids is 2. The van der Waals surface area contributed by atoms with Crippen LogP contribution in [0, 0.1) is 0 Å². The molecule has 0 heterocycles. The van der Waals surface area contributed by atoms with Gasteiger partial charge in [0.2, 0.25) is 0 Å². The molecule has 0 atom stereocenters. The minimum atomic E-state index is -0.945. The van der Waals surface area contributed by atoms with Crippen LogP contribution < -0.4 is 0 Å². The third-order valence-electron chi connectivity index (χ3n) is 2.78. The van der Waals surface area contributed by atoms with Crippen molar-refractivity contribution in [3.8, 4) is 0 Å². The molecular formula is C12Cl8O2. The quantitative estimate of drug-likeness (QED) is 0.344. The van der Waals surface area contributed by atoms with Crippen LogP contribution in [0.25, 0.3) is 10.8 Å². The van der Waals surface area contributed by atoms with E-state index in [0.717, 1.165) is 0 Å². The molecule has 0 aliphatic heterocycles. The molecule has 10 heteroatoms. The van der Waals surface area contributed by atoms with Crippen molar-refractivity contribution in [1.29, 1.82) is 0 Å². The third-order valence-corrected chi connectivity index (χ3v) is 5.62. The Kier molecular flexibility index (Phi) is 5.69. The van der Waals surface area contributed by atoms with Gasteiger partial charge in [0.15, 0.2) is 0 Å². The summed E-state index contributed by atoms with van der Waals surface area (Å²) in [6.07, 6.45) is 0. The van der Waals surface area contributed by atoms with Gasteiger partial charge >= 0.3 is 0 Å². The van der Waals surface area contributed by atoms with Crippen LogP contribution in [0.2, 0.25) is 30.1 Å². The molecule has 0 unspecified atom stereocenters. The van der Waals surface area contributed by atoms with E-state index in [1.54, 1.807) is 0 Å². The average Bonchev–Trinajstić information content (AvgIpc) is 2.39. The van der Waals surface area contributed by atoms with Crippen molar-refractivity contribution in [2.24, 2.45) is 0 Å². The highest BCUT2D eigenvalue weighted by molar-refractivity contribution is 6.72. The zero-order valence-electron chi connectivity index (χ0n) is 9.84. The van der Waals surface area contributed by atoms with Gasteiger partial charge in [0.05, 0.1) is 41.3 Å². The van der Waals surface area contributed by atoms with Crippen LogP contribution in [0.5, 0.6) is 0 Å². The van der Waals surface area contributed by atoms with E-state index < -0.39 is 10.5 Å². The summed E-state index contributed by atoms with van der Waals surface area (Å²) in [7, 11) is 0. The first kappa shape index (κ1) is 18.7. The Labute approximate surface area is 164 Å². The van der Waals surface area contributed by atoms with Gasteiger partial charge in [-0.3, -0.25) is 9.59 Å². The monoisotopic (exact) mass is 456 g/mol. The highest BCUT2D eigenvalue weighted by Gasteiger charge is 2.28. The number of hydrogen-bond acceptors (Lipinski definition) is 2. The van der Waals surface area contributed by atoms with Gasteiger partial charge in [-0.1, -0.05) is 69.6 Å². The van der Waals surface area contributed by atoms with Crippen LogP contribution in [0.1, 0.15) is 20.7 Å². The van der Waals surface area contributed by atoms with Crippen molar-refractivity contribution < 1.29 is 9.59 Å². The minimum Gasteiger partial charge on any atom is -0.275 e. The number of benzene rings is 2. The van der Waals surface area contributed by atoms with Gasteiger partial charge in [0.25, 0.3) is 10.5 Å². The summed E-state index contributed by atoms with van der Waals surface area (Å²) >= 11 is 47.4. The SMILES string of the molecule is O=C(Cl)c1c(Cl)c(Cl)c2c(Cl)c(C(=O)Cl)c(Cl)c(Cl)c2c1Cl. The maximum Gasteiger partial charge on any atom is 0.255 e. The number of hydrogen-bond donors (Lipinski definition) is 0. The van der Waals surface area contributed by atoms with Crippen LogP contribution in [-0.4, -0.2) is 10.5 Å². The van der Waals surface area contributed by atoms with E-state index in [-0.39, 0.29) is 52.0 Å². The molecule has 116 valence electrons. The van der Waals surface area contributed by atoms with Gasteiger partial charge in [-0.05, 0) is 23.2 Å². The maximum absolute atomic E-state index is 11.5. The van der Waals surface area contributed by atoms with Gasteiger partial charge in [-0.15, -0.1) is 0 Å². The van der Waals surface area contributed by atoms with Crippen LogP contribution in [0.4, 0.5) is 0 Å². The Morgan fingerprint density at radius 3 is 1.00 bits per heavy atom. The smallest absolute Gasteiger partial charge is 0.255 e. The first-order valence-corrected chi connectivity index (χ1v) is 8.19. The minimum absolute atomic E-state index is 0.0402. The fourth-order valence-electron chi connectivity index (χ4n) is 1.86. The first-order chi connectivity index (χ1) is 10.1. The highest BCUT2D eigenvalue weighted by atomic mass is 35.5. The normalized spacial score (nSPS) is 11.1. The van der Waals surface area contributed by atoms with E-state index in [9.17, 15) is 9.59 Å². The Balaban J connectivity index is 3.22. The summed E-state index contributed by atoms with van der Waals surface area (Å²) in [6, 6.07) is 0. The second-order valence-electron chi connectivity index (χ2n) is 3.93. The molecule has 0 aliphatic rings. The molecule has 0 spiro atoms. The third kappa shape index (κ3) is 2.78. The van der Waals surface area contributed by atoms with Crippen LogP contribution in [-0.2, 0) is 0 Å². The molecule has 0 saturated carbocycles. The van der Waals surface area contributed by atoms with Gasteiger partial charge in [-0.2, -0.15) is 0 Å². The maximum atomic E-state index is 11.5. The summed E-state index contributed by atoms with van der Waals surface area (Å²) < 4.78 is 0. The summed E-state index contributed by atoms with van der Waals surface area (Å²) in [6.45, 7) is 0. The van der Waals surface area contributed by atoms with E-state index in [1.165, 1.54) is 0 Å². The van der Waals surface area contributed by atoms with Crippen molar-refractivity contribution >= 4 is 114 Å². The van der Waals surface area contributed by atoms with E-state index in [2.05, 4.69) is 0 Å². The molecule has 0 radical (unpaired) electrons. The molecule has 2 nitrogen and oxygen atoms in total. The van der Waals surface area contributed by atoms with Crippen LogP contribution >= 0.6 is 92.8 Å². The number of rotatable bonds is 2. The van der Waals surface area contributed by atoms with Crippen molar-refractivity contribution in [1.82, 2.24) is 0 Å². The first-order valence-electron chi connectivity index (χ1n) is 5.17. The lowest BCUT2D eigenvalue weighted by Crippen LogP contribution is -2.00. The Bertz CT molecular complexity index is 788. The van der Waals surface area contributed by atoms with Crippen molar-refractivity contribution in [3.63, 3.8) is 0 Å².